The third kappa shape index (κ3) is 2.56. The minimum absolute atomic E-state index is 0.0456. The number of nitrogens with two attached hydrogens (primary N) is 1. The number of aromatic amines is 1. The Morgan fingerprint density at radius 2 is 2.38 bits per heavy atom. The number of amides is 1. The number of aromatic nitrogens is 1. The van der Waals surface area contributed by atoms with E-state index in [0.717, 1.165) is 12.8 Å². The van der Waals surface area contributed by atoms with Crippen LogP contribution in [0.5, 0.6) is 0 Å². The number of carbonyl (C=O) groups is 1. The SMILES string of the molecule is CC1CCCC(NC(=O)c2cc(N)c[nH]2)C1. The van der Waals surface area contributed by atoms with E-state index in [1.807, 2.05) is 0 Å². The Labute approximate surface area is 95.6 Å². The van der Waals surface area contributed by atoms with Crippen molar-refractivity contribution in [3.05, 3.63) is 18.0 Å². The molecular formula is C12H19N3O. The van der Waals surface area contributed by atoms with E-state index in [-0.39, 0.29) is 5.91 Å². The molecule has 16 heavy (non-hydrogen) atoms. The molecule has 2 atom stereocenters. The van der Waals surface area contributed by atoms with Crippen LogP contribution in [-0.2, 0) is 0 Å². The Balaban J connectivity index is 1.92. The Bertz CT molecular complexity index is 372. The summed E-state index contributed by atoms with van der Waals surface area (Å²) in [7, 11) is 0. The molecule has 0 bridgehead atoms. The molecule has 1 aromatic rings. The topological polar surface area (TPSA) is 70.9 Å². The fourth-order valence-corrected chi connectivity index (χ4v) is 2.37. The molecule has 4 N–H and O–H groups in total. The van der Waals surface area contributed by atoms with E-state index < -0.39 is 0 Å². The van der Waals surface area contributed by atoms with Gasteiger partial charge in [-0.15, -0.1) is 0 Å². The van der Waals surface area contributed by atoms with Gasteiger partial charge in [-0.25, -0.2) is 0 Å². The molecule has 0 aliphatic heterocycles. The molecular weight excluding hydrogens is 202 g/mol. The van der Waals surface area contributed by atoms with E-state index in [0.29, 0.717) is 23.3 Å². The van der Waals surface area contributed by atoms with Gasteiger partial charge in [0.25, 0.3) is 5.91 Å². The second-order valence-corrected chi connectivity index (χ2v) is 4.79. The Kier molecular flexibility index (Phi) is 3.17. The lowest BCUT2D eigenvalue weighted by atomic mass is 9.87. The van der Waals surface area contributed by atoms with E-state index in [2.05, 4.69) is 17.2 Å². The summed E-state index contributed by atoms with van der Waals surface area (Å²) in [6.07, 6.45) is 6.30. The molecule has 1 saturated carbocycles. The van der Waals surface area contributed by atoms with Gasteiger partial charge in [-0.3, -0.25) is 4.79 Å². The zero-order valence-electron chi connectivity index (χ0n) is 9.62. The van der Waals surface area contributed by atoms with Crippen LogP contribution in [0.3, 0.4) is 0 Å². The van der Waals surface area contributed by atoms with Crippen molar-refractivity contribution in [2.45, 2.75) is 38.6 Å². The zero-order valence-corrected chi connectivity index (χ0v) is 9.62. The summed E-state index contributed by atoms with van der Waals surface area (Å²) in [5.41, 5.74) is 6.71. The third-order valence-electron chi connectivity index (χ3n) is 3.22. The van der Waals surface area contributed by atoms with Crippen molar-refractivity contribution in [2.75, 3.05) is 5.73 Å². The predicted molar refractivity (Wildman–Crippen MR) is 64.1 cm³/mol. The fraction of sp³-hybridized carbons (Fsp3) is 0.583. The normalized spacial score (nSPS) is 25.3. The predicted octanol–water partition coefficient (Wildman–Crippen LogP) is 1.91. The van der Waals surface area contributed by atoms with Gasteiger partial charge in [0.1, 0.15) is 5.69 Å². The Morgan fingerprint density at radius 1 is 1.56 bits per heavy atom. The van der Waals surface area contributed by atoms with Gasteiger partial charge in [-0.1, -0.05) is 19.8 Å². The molecule has 4 nitrogen and oxygen atoms in total. The molecule has 88 valence electrons. The van der Waals surface area contributed by atoms with Gasteiger partial charge in [0.05, 0.1) is 0 Å². The van der Waals surface area contributed by atoms with Crippen molar-refractivity contribution in [3.8, 4) is 0 Å². The highest BCUT2D eigenvalue weighted by molar-refractivity contribution is 5.93. The largest absolute Gasteiger partial charge is 0.397 e. The number of nitrogens with one attached hydrogen (secondary N) is 2. The lowest BCUT2D eigenvalue weighted by molar-refractivity contribution is 0.0917. The smallest absolute Gasteiger partial charge is 0.267 e. The molecule has 0 saturated heterocycles. The molecule has 4 heteroatoms. The maximum Gasteiger partial charge on any atom is 0.267 e. The lowest BCUT2D eigenvalue weighted by Crippen LogP contribution is -2.38. The van der Waals surface area contributed by atoms with Crippen LogP contribution < -0.4 is 11.1 Å². The zero-order chi connectivity index (χ0) is 11.5. The third-order valence-corrected chi connectivity index (χ3v) is 3.22. The summed E-state index contributed by atoms with van der Waals surface area (Å²) in [5.74, 6) is 0.670. The first-order valence-electron chi connectivity index (χ1n) is 5.90. The number of carbonyl (C=O) groups excluding carboxylic acids is 1. The molecule has 1 aromatic heterocycles. The number of H-pyrrole nitrogens is 1. The Morgan fingerprint density at radius 3 is 3.00 bits per heavy atom. The van der Waals surface area contributed by atoms with Crippen molar-refractivity contribution >= 4 is 11.6 Å². The van der Waals surface area contributed by atoms with E-state index in [1.165, 1.54) is 12.8 Å². The molecule has 0 radical (unpaired) electrons. The molecule has 0 aromatic carbocycles. The molecule has 1 aliphatic carbocycles. The molecule has 2 unspecified atom stereocenters. The van der Waals surface area contributed by atoms with Crippen LogP contribution in [0.1, 0.15) is 43.1 Å². The second kappa shape index (κ2) is 4.60. The molecule has 0 spiro atoms. The first kappa shape index (κ1) is 11.0. The van der Waals surface area contributed by atoms with Gasteiger partial charge in [0.2, 0.25) is 0 Å². The van der Waals surface area contributed by atoms with Crippen LogP contribution in [0.25, 0.3) is 0 Å². The number of hydrogen-bond donors (Lipinski definition) is 3. The van der Waals surface area contributed by atoms with Crippen LogP contribution in [0.4, 0.5) is 5.69 Å². The Hall–Kier alpha value is -1.45. The molecule has 1 aliphatic rings. The highest BCUT2D eigenvalue weighted by Gasteiger charge is 2.21. The van der Waals surface area contributed by atoms with Gasteiger partial charge in [0, 0.05) is 17.9 Å². The maximum atomic E-state index is 11.8. The van der Waals surface area contributed by atoms with Crippen LogP contribution >= 0.6 is 0 Å². The fourth-order valence-electron chi connectivity index (χ4n) is 2.37. The molecule has 1 heterocycles. The number of nitrogen functional groups attached to an aromatic ring is 1. The number of anilines is 1. The van der Waals surface area contributed by atoms with Crippen LogP contribution in [0, 0.1) is 5.92 Å². The van der Waals surface area contributed by atoms with Crippen LogP contribution in [0.15, 0.2) is 12.3 Å². The van der Waals surface area contributed by atoms with Gasteiger partial charge in [-0.2, -0.15) is 0 Å². The van der Waals surface area contributed by atoms with Crippen molar-refractivity contribution in [2.24, 2.45) is 5.92 Å². The first-order chi connectivity index (χ1) is 7.65. The average Bonchev–Trinajstić information content (AvgIpc) is 2.65. The quantitative estimate of drug-likeness (QED) is 0.713. The highest BCUT2D eigenvalue weighted by Crippen LogP contribution is 2.23. The number of rotatable bonds is 2. The van der Waals surface area contributed by atoms with Crippen molar-refractivity contribution in [3.63, 3.8) is 0 Å². The summed E-state index contributed by atoms with van der Waals surface area (Å²) >= 11 is 0. The van der Waals surface area contributed by atoms with Gasteiger partial charge < -0.3 is 16.0 Å². The van der Waals surface area contributed by atoms with Crippen molar-refractivity contribution < 1.29 is 4.79 Å². The van der Waals surface area contributed by atoms with Gasteiger partial charge in [0.15, 0.2) is 0 Å². The van der Waals surface area contributed by atoms with Crippen molar-refractivity contribution in [1.29, 1.82) is 0 Å². The standard InChI is InChI=1S/C12H19N3O/c1-8-3-2-4-10(5-8)15-12(16)11-6-9(13)7-14-11/h6-8,10,14H,2-5,13H2,1H3,(H,15,16). The monoisotopic (exact) mass is 221 g/mol. The van der Waals surface area contributed by atoms with Crippen LogP contribution in [-0.4, -0.2) is 16.9 Å². The molecule has 1 amide bonds. The minimum atomic E-state index is -0.0456. The van der Waals surface area contributed by atoms with E-state index in [4.69, 9.17) is 5.73 Å². The summed E-state index contributed by atoms with van der Waals surface area (Å²) in [6, 6.07) is 1.99. The summed E-state index contributed by atoms with van der Waals surface area (Å²) in [5, 5.41) is 3.05. The van der Waals surface area contributed by atoms with Crippen LogP contribution in [0.2, 0.25) is 0 Å². The first-order valence-corrected chi connectivity index (χ1v) is 5.90. The lowest BCUT2D eigenvalue weighted by Gasteiger charge is -2.27. The average molecular weight is 221 g/mol. The highest BCUT2D eigenvalue weighted by atomic mass is 16.1. The summed E-state index contributed by atoms with van der Waals surface area (Å²) in [4.78, 5) is 14.7. The molecule has 2 rings (SSSR count). The molecule has 1 fully saturated rings. The second-order valence-electron chi connectivity index (χ2n) is 4.79. The van der Waals surface area contributed by atoms with Crippen molar-refractivity contribution in [1.82, 2.24) is 10.3 Å². The van der Waals surface area contributed by atoms with Gasteiger partial charge >= 0.3 is 0 Å². The minimum Gasteiger partial charge on any atom is -0.397 e. The van der Waals surface area contributed by atoms with E-state index in [1.54, 1.807) is 12.3 Å². The van der Waals surface area contributed by atoms with Gasteiger partial charge in [-0.05, 0) is 24.8 Å². The number of hydrogen-bond acceptors (Lipinski definition) is 2. The maximum absolute atomic E-state index is 11.8. The van der Waals surface area contributed by atoms with E-state index in [9.17, 15) is 4.79 Å². The van der Waals surface area contributed by atoms with E-state index >= 15 is 0 Å². The summed E-state index contributed by atoms with van der Waals surface area (Å²) in [6.45, 7) is 2.24. The summed E-state index contributed by atoms with van der Waals surface area (Å²) < 4.78 is 0.